The monoisotopic (exact) mass is 515 g/mol. The Morgan fingerprint density at radius 1 is 1.12 bits per heavy atom. The van der Waals surface area contributed by atoms with Crippen molar-refractivity contribution in [2.24, 2.45) is 0 Å². The van der Waals surface area contributed by atoms with Crippen LogP contribution in [0, 0.1) is 0 Å². The van der Waals surface area contributed by atoms with Crippen LogP contribution in [0.4, 0.5) is 5.13 Å². The molecule has 0 aliphatic carbocycles. The minimum Gasteiger partial charge on any atom is -0.497 e. The van der Waals surface area contributed by atoms with Crippen molar-refractivity contribution >= 4 is 51.5 Å². The maximum atomic E-state index is 12.3. The van der Waals surface area contributed by atoms with Crippen molar-refractivity contribution in [2.75, 3.05) is 18.2 Å². The van der Waals surface area contributed by atoms with Gasteiger partial charge in [-0.05, 0) is 48.5 Å². The van der Waals surface area contributed by atoms with Gasteiger partial charge in [-0.2, -0.15) is 4.98 Å². The predicted molar refractivity (Wildman–Crippen MR) is 130 cm³/mol. The van der Waals surface area contributed by atoms with Crippen LogP contribution in [0.2, 0.25) is 5.02 Å². The summed E-state index contributed by atoms with van der Waals surface area (Å²) in [5, 5.41) is 15.6. The summed E-state index contributed by atoms with van der Waals surface area (Å²) in [5.74, 6) is 1.39. The van der Waals surface area contributed by atoms with E-state index in [1.54, 1.807) is 55.6 Å². The van der Waals surface area contributed by atoms with Crippen LogP contribution in [0.15, 0.2) is 57.4 Å². The van der Waals surface area contributed by atoms with E-state index in [0.29, 0.717) is 37.5 Å². The number of Topliss-reactive ketones (excluding diaryl/α,β-unsaturated/α-hetero) is 1. The number of hydrogen-bond acceptors (Lipinski definition) is 10. The van der Waals surface area contributed by atoms with Crippen LogP contribution in [0.5, 0.6) is 5.75 Å². The van der Waals surface area contributed by atoms with E-state index in [2.05, 4.69) is 25.7 Å². The Balaban J connectivity index is 1.23. The maximum Gasteiger partial charge on any atom is 0.227 e. The van der Waals surface area contributed by atoms with Crippen LogP contribution in [0.25, 0.3) is 11.4 Å². The third-order valence-corrected chi connectivity index (χ3v) is 6.75. The lowest BCUT2D eigenvalue weighted by atomic mass is 10.1. The molecule has 174 valence electrons. The van der Waals surface area contributed by atoms with Gasteiger partial charge in [-0.15, -0.1) is 10.2 Å². The third-order valence-electron chi connectivity index (χ3n) is 4.53. The number of nitrogens with one attached hydrogen (secondary N) is 1. The standard InChI is InChI=1S/C22H18ClN5O4S2/c1-31-16-8-4-13(5-9-16)17(29)12-33-22-27-26-21(34-22)24-18(30)10-11-19-25-20(28-32-19)14-2-6-15(23)7-3-14/h2-9H,10-12H2,1H3,(H,24,26,30). The number of halogens is 1. The van der Waals surface area contributed by atoms with Gasteiger partial charge in [0.1, 0.15) is 5.75 Å². The largest absolute Gasteiger partial charge is 0.497 e. The highest BCUT2D eigenvalue weighted by Gasteiger charge is 2.14. The van der Waals surface area contributed by atoms with Crippen molar-refractivity contribution in [2.45, 2.75) is 17.2 Å². The number of anilines is 1. The number of benzene rings is 2. The summed E-state index contributed by atoms with van der Waals surface area (Å²) in [6.45, 7) is 0. The van der Waals surface area contributed by atoms with Gasteiger partial charge < -0.3 is 14.6 Å². The van der Waals surface area contributed by atoms with E-state index in [-0.39, 0.29) is 30.3 Å². The minimum absolute atomic E-state index is 0.0361. The summed E-state index contributed by atoms with van der Waals surface area (Å²) in [6.07, 6.45) is 0.420. The highest BCUT2D eigenvalue weighted by molar-refractivity contribution is 8.01. The van der Waals surface area contributed by atoms with Crippen LogP contribution in [-0.4, -0.2) is 44.9 Å². The first-order valence-corrected chi connectivity index (χ1v) is 12.2. The van der Waals surface area contributed by atoms with Gasteiger partial charge in [0.2, 0.25) is 22.8 Å². The van der Waals surface area contributed by atoms with Gasteiger partial charge in [-0.3, -0.25) is 9.59 Å². The molecule has 2 heterocycles. The van der Waals surface area contributed by atoms with Crippen LogP contribution < -0.4 is 10.1 Å². The Labute approximate surface area is 207 Å². The second-order valence-electron chi connectivity index (χ2n) is 6.88. The second kappa shape index (κ2) is 11.2. The number of thioether (sulfide) groups is 1. The van der Waals surface area contributed by atoms with Gasteiger partial charge in [0.05, 0.1) is 12.9 Å². The van der Waals surface area contributed by atoms with Crippen molar-refractivity contribution < 1.29 is 18.8 Å². The minimum atomic E-state index is -0.256. The fourth-order valence-corrected chi connectivity index (χ4v) is 4.57. The molecule has 0 unspecified atom stereocenters. The molecule has 34 heavy (non-hydrogen) atoms. The first-order chi connectivity index (χ1) is 16.5. The van der Waals surface area contributed by atoms with Gasteiger partial charge in [-0.1, -0.05) is 39.9 Å². The number of carbonyl (C=O) groups is 2. The highest BCUT2D eigenvalue weighted by Crippen LogP contribution is 2.26. The number of hydrogen-bond donors (Lipinski definition) is 1. The number of methoxy groups -OCH3 is 1. The van der Waals surface area contributed by atoms with Gasteiger partial charge in [0.25, 0.3) is 0 Å². The summed E-state index contributed by atoms with van der Waals surface area (Å²) < 4.78 is 10.9. The van der Waals surface area contributed by atoms with Gasteiger partial charge >= 0.3 is 0 Å². The zero-order valence-electron chi connectivity index (χ0n) is 17.9. The number of aryl methyl sites for hydroxylation is 1. The molecule has 0 atom stereocenters. The molecule has 9 nitrogen and oxygen atoms in total. The molecule has 4 aromatic rings. The lowest BCUT2D eigenvalue weighted by Gasteiger charge is -2.01. The lowest BCUT2D eigenvalue weighted by molar-refractivity contribution is -0.116. The third kappa shape index (κ3) is 6.40. The molecule has 0 radical (unpaired) electrons. The van der Waals surface area contributed by atoms with E-state index >= 15 is 0 Å². The average molecular weight is 516 g/mol. The molecule has 0 saturated carbocycles. The van der Waals surface area contributed by atoms with E-state index in [1.807, 2.05) is 0 Å². The molecule has 0 fully saturated rings. The Morgan fingerprint density at radius 3 is 2.62 bits per heavy atom. The topological polar surface area (TPSA) is 120 Å². The molecule has 2 aromatic heterocycles. The summed E-state index contributed by atoms with van der Waals surface area (Å²) in [7, 11) is 1.57. The van der Waals surface area contributed by atoms with Crippen LogP contribution in [0.1, 0.15) is 22.7 Å². The van der Waals surface area contributed by atoms with E-state index in [1.165, 1.54) is 23.1 Å². The second-order valence-corrected chi connectivity index (χ2v) is 9.52. The summed E-state index contributed by atoms with van der Waals surface area (Å²) >= 11 is 8.35. The molecule has 1 N–H and O–H groups in total. The van der Waals surface area contributed by atoms with Crippen LogP contribution in [0.3, 0.4) is 0 Å². The van der Waals surface area contributed by atoms with Gasteiger partial charge in [-0.25, -0.2) is 0 Å². The zero-order valence-corrected chi connectivity index (χ0v) is 20.2. The number of nitrogens with zero attached hydrogens (tertiary/aromatic N) is 4. The fourth-order valence-electron chi connectivity index (χ4n) is 2.78. The number of amides is 1. The summed E-state index contributed by atoms with van der Waals surface area (Å²) in [5.41, 5.74) is 1.36. The molecular formula is C22H18ClN5O4S2. The number of rotatable bonds is 10. The highest BCUT2D eigenvalue weighted by atomic mass is 35.5. The summed E-state index contributed by atoms with van der Waals surface area (Å²) in [6, 6.07) is 14.0. The van der Waals surface area contributed by atoms with E-state index in [9.17, 15) is 9.59 Å². The van der Waals surface area contributed by atoms with Crippen molar-refractivity contribution in [1.29, 1.82) is 0 Å². The van der Waals surface area contributed by atoms with Gasteiger partial charge in [0.15, 0.2) is 10.1 Å². The molecular weight excluding hydrogens is 498 g/mol. The van der Waals surface area contributed by atoms with Crippen molar-refractivity contribution in [3.63, 3.8) is 0 Å². The first-order valence-electron chi connectivity index (χ1n) is 10.0. The maximum absolute atomic E-state index is 12.3. The Kier molecular flexibility index (Phi) is 7.88. The number of aromatic nitrogens is 4. The van der Waals surface area contributed by atoms with E-state index < -0.39 is 0 Å². The first kappa shape index (κ1) is 23.9. The number of ketones is 1. The molecule has 0 aliphatic heterocycles. The van der Waals surface area contributed by atoms with Crippen molar-refractivity contribution in [3.05, 3.63) is 65.0 Å². The number of carbonyl (C=O) groups excluding carboxylic acids is 2. The molecule has 0 saturated heterocycles. The zero-order chi connectivity index (χ0) is 23.9. The Hall–Kier alpha value is -3.28. The molecule has 0 spiro atoms. The molecule has 0 aliphatic rings. The SMILES string of the molecule is COc1ccc(C(=O)CSc2nnc(NC(=O)CCc3nc(-c4ccc(Cl)cc4)no3)s2)cc1. The molecule has 0 bridgehead atoms. The quantitative estimate of drug-likeness (QED) is 0.180. The van der Waals surface area contributed by atoms with E-state index in [4.69, 9.17) is 20.9 Å². The predicted octanol–water partition coefficient (Wildman–Crippen LogP) is 4.80. The molecule has 1 amide bonds. The summed E-state index contributed by atoms with van der Waals surface area (Å²) in [4.78, 5) is 28.9. The number of ether oxygens (including phenoxy) is 1. The normalized spacial score (nSPS) is 10.8. The van der Waals surface area contributed by atoms with Crippen molar-refractivity contribution in [3.8, 4) is 17.1 Å². The Morgan fingerprint density at radius 2 is 1.88 bits per heavy atom. The van der Waals surface area contributed by atoms with Crippen molar-refractivity contribution in [1.82, 2.24) is 20.3 Å². The van der Waals surface area contributed by atoms with Crippen LogP contribution in [-0.2, 0) is 11.2 Å². The average Bonchev–Trinajstić information content (AvgIpc) is 3.51. The molecule has 12 heteroatoms. The van der Waals surface area contributed by atoms with Gasteiger partial charge in [0, 0.05) is 29.0 Å². The smallest absolute Gasteiger partial charge is 0.227 e. The Bertz CT molecular complexity index is 1280. The molecule has 2 aromatic carbocycles. The van der Waals surface area contributed by atoms with E-state index in [0.717, 1.165) is 5.56 Å². The molecule has 4 rings (SSSR count). The fraction of sp³-hybridized carbons (Fsp3) is 0.182. The van der Waals surface area contributed by atoms with Crippen LogP contribution >= 0.6 is 34.7 Å². The lowest BCUT2D eigenvalue weighted by Crippen LogP contribution is -2.12.